The number of phenols is 1. The Balaban J connectivity index is 2.38. The molecule has 1 aromatic rings. The van der Waals surface area contributed by atoms with Gasteiger partial charge in [-0.2, -0.15) is 13.2 Å². The highest BCUT2D eigenvalue weighted by Crippen LogP contribution is 2.20. The molecule has 106 valence electrons. The van der Waals surface area contributed by atoms with Crippen LogP contribution in [0.3, 0.4) is 0 Å². The number of phenolic OH excluding ortho intramolecular Hbond substituents is 1. The number of carbonyl (C=O) groups is 1. The average molecular weight is 277 g/mol. The fourth-order valence-electron chi connectivity index (χ4n) is 1.36. The summed E-state index contributed by atoms with van der Waals surface area (Å²) in [5.41, 5.74) is 0.622. The van der Waals surface area contributed by atoms with E-state index >= 15 is 0 Å². The van der Waals surface area contributed by atoms with Gasteiger partial charge in [0.15, 0.2) is 0 Å². The van der Waals surface area contributed by atoms with E-state index in [-0.39, 0.29) is 24.5 Å². The first kappa shape index (κ1) is 15.3. The number of aryl methyl sites for hydroxylation is 1. The molecule has 0 aromatic heterocycles. The van der Waals surface area contributed by atoms with Crippen LogP contribution < -0.4 is 5.32 Å². The maximum atomic E-state index is 11.8. The highest BCUT2D eigenvalue weighted by atomic mass is 19.4. The van der Waals surface area contributed by atoms with Crippen molar-refractivity contribution in [2.24, 2.45) is 0 Å². The summed E-state index contributed by atoms with van der Waals surface area (Å²) in [6.45, 7) is -0.0305. The SMILES string of the molecule is Cc1cccc(C(=O)NCCOCC(F)(F)F)c1O. The lowest BCUT2D eigenvalue weighted by Crippen LogP contribution is -2.29. The number of nitrogens with one attached hydrogen (secondary N) is 1. The Morgan fingerprint density at radius 3 is 2.74 bits per heavy atom. The number of hydrogen-bond acceptors (Lipinski definition) is 3. The number of benzene rings is 1. The minimum Gasteiger partial charge on any atom is -0.507 e. The molecule has 0 aliphatic heterocycles. The van der Waals surface area contributed by atoms with Crippen LogP contribution >= 0.6 is 0 Å². The molecule has 0 spiro atoms. The summed E-state index contributed by atoms with van der Waals surface area (Å²) in [7, 11) is 0. The zero-order valence-corrected chi connectivity index (χ0v) is 10.3. The molecule has 4 nitrogen and oxygen atoms in total. The molecular weight excluding hydrogens is 263 g/mol. The van der Waals surface area contributed by atoms with Gasteiger partial charge in [-0.1, -0.05) is 12.1 Å². The van der Waals surface area contributed by atoms with Crippen LogP contribution in [0.2, 0.25) is 0 Å². The summed E-state index contributed by atoms with van der Waals surface area (Å²) in [6, 6.07) is 4.66. The Hall–Kier alpha value is -1.76. The molecule has 1 aromatic carbocycles. The quantitative estimate of drug-likeness (QED) is 0.809. The number of alkyl halides is 3. The number of carbonyl (C=O) groups excluding carboxylic acids is 1. The lowest BCUT2D eigenvalue weighted by atomic mass is 10.1. The molecule has 0 fully saturated rings. The normalized spacial score (nSPS) is 11.4. The maximum Gasteiger partial charge on any atom is 0.411 e. The van der Waals surface area contributed by atoms with Crippen molar-refractivity contribution in [3.05, 3.63) is 29.3 Å². The number of aromatic hydroxyl groups is 1. The molecule has 0 atom stereocenters. The molecular formula is C12H14F3NO3. The van der Waals surface area contributed by atoms with Crippen molar-refractivity contribution < 1.29 is 27.8 Å². The third-order valence-electron chi connectivity index (χ3n) is 2.28. The Kier molecular flexibility index (Phi) is 5.17. The number of rotatable bonds is 5. The molecule has 7 heteroatoms. The molecule has 0 saturated heterocycles. The van der Waals surface area contributed by atoms with Gasteiger partial charge < -0.3 is 15.2 Å². The van der Waals surface area contributed by atoms with Gasteiger partial charge in [0, 0.05) is 6.54 Å². The second kappa shape index (κ2) is 6.42. The summed E-state index contributed by atoms with van der Waals surface area (Å²) in [6.07, 6.45) is -4.38. The molecule has 0 radical (unpaired) electrons. The Morgan fingerprint density at radius 2 is 2.11 bits per heavy atom. The smallest absolute Gasteiger partial charge is 0.411 e. The van der Waals surface area contributed by atoms with Gasteiger partial charge >= 0.3 is 6.18 Å². The second-order valence-corrected chi connectivity index (χ2v) is 3.89. The zero-order chi connectivity index (χ0) is 14.5. The van der Waals surface area contributed by atoms with E-state index in [9.17, 15) is 23.1 Å². The van der Waals surface area contributed by atoms with Gasteiger partial charge in [0.1, 0.15) is 12.4 Å². The van der Waals surface area contributed by atoms with Crippen molar-refractivity contribution in [2.75, 3.05) is 19.8 Å². The average Bonchev–Trinajstić information content (AvgIpc) is 2.30. The monoisotopic (exact) mass is 277 g/mol. The van der Waals surface area contributed by atoms with Crippen LogP contribution in [0, 0.1) is 6.92 Å². The predicted molar refractivity (Wildman–Crippen MR) is 62.1 cm³/mol. The van der Waals surface area contributed by atoms with Crippen LogP contribution in [-0.4, -0.2) is 36.9 Å². The number of halogens is 3. The van der Waals surface area contributed by atoms with E-state index in [1.807, 2.05) is 0 Å². The minimum absolute atomic E-state index is 0.0672. The van der Waals surface area contributed by atoms with Gasteiger partial charge in [-0.3, -0.25) is 4.79 Å². The first-order valence-electron chi connectivity index (χ1n) is 5.52. The minimum atomic E-state index is -4.38. The van der Waals surface area contributed by atoms with E-state index < -0.39 is 18.7 Å². The molecule has 1 rings (SSSR count). The van der Waals surface area contributed by atoms with E-state index in [1.54, 1.807) is 19.1 Å². The van der Waals surface area contributed by atoms with Crippen LogP contribution in [0.25, 0.3) is 0 Å². The summed E-state index contributed by atoms with van der Waals surface area (Å²) >= 11 is 0. The van der Waals surface area contributed by atoms with Gasteiger partial charge in [-0.25, -0.2) is 0 Å². The lowest BCUT2D eigenvalue weighted by Gasteiger charge is -2.10. The number of hydrogen-bond donors (Lipinski definition) is 2. The van der Waals surface area contributed by atoms with Crippen LogP contribution in [-0.2, 0) is 4.74 Å². The molecule has 19 heavy (non-hydrogen) atoms. The zero-order valence-electron chi connectivity index (χ0n) is 10.3. The van der Waals surface area contributed by atoms with Crippen LogP contribution in [0.4, 0.5) is 13.2 Å². The van der Waals surface area contributed by atoms with Crippen molar-refractivity contribution in [2.45, 2.75) is 13.1 Å². The molecule has 0 unspecified atom stereocenters. The fraction of sp³-hybridized carbons (Fsp3) is 0.417. The van der Waals surface area contributed by atoms with E-state index in [0.29, 0.717) is 5.56 Å². The topological polar surface area (TPSA) is 58.6 Å². The molecule has 0 heterocycles. The van der Waals surface area contributed by atoms with Crippen molar-refractivity contribution in [1.82, 2.24) is 5.32 Å². The molecule has 1 amide bonds. The van der Waals surface area contributed by atoms with Gasteiger partial charge in [0.2, 0.25) is 0 Å². The second-order valence-electron chi connectivity index (χ2n) is 3.89. The first-order chi connectivity index (χ1) is 8.81. The Morgan fingerprint density at radius 1 is 1.42 bits per heavy atom. The number of amides is 1. The highest BCUT2D eigenvalue weighted by Gasteiger charge is 2.27. The van der Waals surface area contributed by atoms with Gasteiger partial charge in [0.05, 0.1) is 12.2 Å². The fourth-order valence-corrected chi connectivity index (χ4v) is 1.36. The molecule has 0 aliphatic rings. The van der Waals surface area contributed by atoms with Gasteiger partial charge in [-0.05, 0) is 18.6 Å². The standard InChI is InChI=1S/C12H14F3NO3/c1-8-3-2-4-9(10(8)17)11(18)16-5-6-19-7-12(13,14)15/h2-4,17H,5-7H2,1H3,(H,16,18). The predicted octanol–water partition coefficient (Wildman–Crippen LogP) is 2.01. The third-order valence-corrected chi connectivity index (χ3v) is 2.28. The van der Waals surface area contributed by atoms with Crippen molar-refractivity contribution in [3.63, 3.8) is 0 Å². The number of para-hydroxylation sites is 1. The van der Waals surface area contributed by atoms with Gasteiger partial charge in [-0.15, -0.1) is 0 Å². The van der Waals surface area contributed by atoms with Crippen molar-refractivity contribution in [3.8, 4) is 5.75 Å². The van der Waals surface area contributed by atoms with Crippen molar-refractivity contribution >= 4 is 5.91 Å². The summed E-state index contributed by atoms with van der Waals surface area (Å²) in [5, 5.41) is 12.0. The Labute approximate surface area is 108 Å². The van der Waals surface area contributed by atoms with E-state index in [1.165, 1.54) is 6.07 Å². The summed E-state index contributed by atoms with van der Waals surface area (Å²) in [5.74, 6) is -0.701. The third kappa shape index (κ3) is 5.17. The number of ether oxygens (including phenoxy) is 1. The van der Waals surface area contributed by atoms with Gasteiger partial charge in [0.25, 0.3) is 5.91 Å². The first-order valence-corrected chi connectivity index (χ1v) is 5.52. The summed E-state index contributed by atoms with van der Waals surface area (Å²) < 4.78 is 39.6. The van der Waals surface area contributed by atoms with Crippen LogP contribution in [0.5, 0.6) is 5.75 Å². The Bertz CT molecular complexity index is 446. The van der Waals surface area contributed by atoms with Crippen LogP contribution in [0.1, 0.15) is 15.9 Å². The summed E-state index contributed by atoms with van der Waals surface area (Å²) in [4.78, 5) is 11.6. The lowest BCUT2D eigenvalue weighted by molar-refractivity contribution is -0.173. The maximum absolute atomic E-state index is 11.8. The van der Waals surface area contributed by atoms with Crippen LogP contribution in [0.15, 0.2) is 18.2 Å². The van der Waals surface area contributed by atoms with E-state index in [0.717, 1.165) is 0 Å². The molecule has 0 saturated carbocycles. The van der Waals surface area contributed by atoms with Crippen molar-refractivity contribution in [1.29, 1.82) is 0 Å². The highest BCUT2D eigenvalue weighted by molar-refractivity contribution is 5.97. The van der Waals surface area contributed by atoms with E-state index in [4.69, 9.17) is 0 Å². The largest absolute Gasteiger partial charge is 0.507 e. The van der Waals surface area contributed by atoms with E-state index in [2.05, 4.69) is 10.1 Å². The molecule has 2 N–H and O–H groups in total. The molecule has 0 bridgehead atoms. The molecule has 0 aliphatic carbocycles.